The Hall–Kier alpha value is -1.53. The van der Waals surface area contributed by atoms with Crippen molar-refractivity contribution in [2.75, 3.05) is 20.2 Å². The van der Waals surface area contributed by atoms with Crippen LogP contribution in [0, 0.1) is 22.7 Å². The lowest BCUT2D eigenvalue weighted by molar-refractivity contribution is 0.225. The highest BCUT2D eigenvalue weighted by Gasteiger charge is 2.31. The van der Waals surface area contributed by atoms with Gasteiger partial charge in [-0.25, -0.2) is 0 Å². The lowest BCUT2D eigenvalue weighted by atomic mass is 9.80. The van der Waals surface area contributed by atoms with E-state index in [-0.39, 0.29) is 0 Å². The van der Waals surface area contributed by atoms with Crippen molar-refractivity contribution in [2.45, 2.75) is 33.7 Å². The van der Waals surface area contributed by atoms with Gasteiger partial charge in [0.2, 0.25) is 0 Å². The van der Waals surface area contributed by atoms with Gasteiger partial charge in [0.25, 0.3) is 0 Å². The number of methoxy groups -OCH3 is 1. The molecule has 0 amide bonds. The molecule has 2 rings (SSSR count). The van der Waals surface area contributed by atoms with Crippen LogP contribution >= 0.6 is 0 Å². The zero-order chi connectivity index (χ0) is 14.8. The summed E-state index contributed by atoms with van der Waals surface area (Å²) in [5, 5.41) is 9.03. The molecule has 1 aromatic rings. The topological polar surface area (TPSA) is 36.3 Å². The van der Waals surface area contributed by atoms with E-state index in [1.165, 1.54) is 6.42 Å². The molecular weight excluding hydrogens is 248 g/mol. The molecule has 1 fully saturated rings. The normalized spacial score (nSPS) is 19.9. The predicted molar refractivity (Wildman–Crippen MR) is 80.5 cm³/mol. The van der Waals surface area contributed by atoms with Crippen molar-refractivity contribution in [1.29, 1.82) is 5.26 Å². The zero-order valence-corrected chi connectivity index (χ0v) is 12.9. The Morgan fingerprint density at radius 2 is 2.15 bits per heavy atom. The van der Waals surface area contributed by atoms with Gasteiger partial charge in [0, 0.05) is 18.7 Å². The van der Waals surface area contributed by atoms with Gasteiger partial charge in [0.1, 0.15) is 5.75 Å². The highest BCUT2D eigenvalue weighted by molar-refractivity contribution is 5.42. The van der Waals surface area contributed by atoms with Crippen LogP contribution < -0.4 is 4.74 Å². The number of hydrogen-bond acceptors (Lipinski definition) is 3. The Labute approximate surface area is 122 Å². The van der Waals surface area contributed by atoms with Crippen molar-refractivity contribution in [3.8, 4) is 11.8 Å². The van der Waals surface area contributed by atoms with Gasteiger partial charge in [0.15, 0.2) is 0 Å². The van der Waals surface area contributed by atoms with Gasteiger partial charge in [-0.3, -0.25) is 4.90 Å². The number of nitriles is 1. The predicted octanol–water partition coefficient (Wildman–Crippen LogP) is 3.43. The molecule has 0 bridgehead atoms. The SMILES string of the molecule is COc1ccc(C#N)cc1CN1CCC(C(C)(C)C)C1. The van der Waals surface area contributed by atoms with E-state index >= 15 is 0 Å². The molecule has 1 unspecified atom stereocenters. The van der Waals surface area contributed by atoms with Gasteiger partial charge in [-0.1, -0.05) is 20.8 Å². The van der Waals surface area contributed by atoms with E-state index < -0.39 is 0 Å². The molecule has 0 aromatic heterocycles. The molecule has 0 aliphatic carbocycles. The number of hydrogen-bond donors (Lipinski definition) is 0. The average Bonchev–Trinajstić information content (AvgIpc) is 2.87. The van der Waals surface area contributed by atoms with E-state index in [9.17, 15) is 0 Å². The van der Waals surface area contributed by atoms with Crippen LogP contribution in [-0.4, -0.2) is 25.1 Å². The van der Waals surface area contributed by atoms with Crippen LogP contribution in [0.3, 0.4) is 0 Å². The standard InChI is InChI=1S/C17H24N2O/c1-17(2,3)15-7-8-19(12-15)11-14-9-13(10-18)5-6-16(14)20-4/h5-6,9,15H,7-8,11-12H2,1-4H3. The highest BCUT2D eigenvalue weighted by Crippen LogP contribution is 2.34. The van der Waals surface area contributed by atoms with Crippen molar-refractivity contribution in [1.82, 2.24) is 4.90 Å². The maximum atomic E-state index is 9.03. The fourth-order valence-electron chi connectivity index (χ4n) is 2.90. The van der Waals surface area contributed by atoms with Crippen molar-refractivity contribution in [3.05, 3.63) is 29.3 Å². The van der Waals surface area contributed by atoms with Gasteiger partial charge in [-0.15, -0.1) is 0 Å². The lowest BCUT2D eigenvalue weighted by Gasteiger charge is -2.27. The van der Waals surface area contributed by atoms with E-state index in [0.717, 1.165) is 36.9 Å². The molecule has 1 heterocycles. The first-order valence-electron chi connectivity index (χ1n) is 7.23. The summed E-state index contributed by atoms with van der Waals surface area (Å²) in [5.74, 6) is 1.62. The third-order valence-electron chi connectivity index (χ3n) is 4.30. The minimum Gasteiger partial charge on any atom is -0.496 e. The summed E-state index contributed by atoms with van der Waals surface area (Å²) in [6.07, 6.45) is 1.25. The first kappa shape index (κ1) is 14.9. The lowest BCUT2D eigenvalue weighted by Crippen LogP contribution is -2.25. The van der Waals surface area contributed by atoms with Crippen LogP contribution in [0.15, 0.2) is 18.2 Å². The first-order chi connectivity index (χ1) is 9.44. The molecule has 0 spiro atoms. The van der Waals surface area contributed by atoms with Gasteiger partial charge in [-0.2, -0.15) is 5.26 Å². The second kappa shape index (κ2) is 5.85. The Balaban J connectivity index is 2.10. The second-order valence-corrected chi connectivity index (χ2v) is 6.73. The van der Waals surface area contributed by atoms with Crippen molar-refractivity contribution in [3.63, 3.8) is 0 Å². The molecule has 0 radical (unpaired) electrons. The molecule has 3 nitrogen and oxygen atoms in total. The maximum Gasteiger partial charge on any atom is 0.123 e. The minimum absolute atomic E-state index is 0.368. The molecule has 108 valence electrons. The summed E-state index contributed by atoms with van der Waals surface area (Å²) in [6.45, 7) is 10.1. The summed E-state index contributed by atoms with van der Waals surface area (Å²) < 4.78 is 5.41. The largest absolute Gasteiger partial charge is 0.496 e. The van der Waals surface area contributed by atoms with Crippen molar-refractivity contribution < 1.29 is 4.74 Å². The fraction of sp³-hybridized carbons (Fsp3) is 0.588. The van der Waals surface area contributed by atoms with Crippen LogP contribution in [0.25, 0.3) is 0 Å². The number of rotatable bonds is 3. The molecule has 3 heteroatoms. The Bertz CT molecular complexity index is 511. The van der Waals surface area contributed by atoms with E-state index in [4.69, 9.17) is 10.00 Å². The van der Waals surface area contributed by atoms with Crippen LogP contribution in [0.1, 0.15) is 38.3 Å². The number of likely N-dealkylation sites (tertiary alicyclic amines) is 1. The molecule has 0 saturated carbocycles. The molecule has 0 N–H and O–H groups in total. The Morgan fingerprint density at radius 1 is 1.40 bits per heavy atom. The first-order valence-corrected chi connectivity index (χ1v) is 7.23. The zero-order valence-electron chi connectivity index (χ0n) is 12.9. The van der Waals surface area contributed by atoms with Crippen LogP contribution in [-0.2, 0) is 6.54 Å². The van der Waals surface area contributed by atoms with Crippen LogP contribution in [0.2, 0.25) is 0 Å². The van der Waals surface area contributed by atoms with E-state index in [1.807, 2.05) is 18.2 Å². The third kappa shape index (κ3) is 3.32. The molecule has 1 saturated heterocycles. The Kier molecular flexibility index (Phi) is 4.35. The quantitative estimate of drug-likeness (QED) is 0.845. The fourth-order valence-corrected chi connectivity index (χ4v) is 2.90. The minimum atomic E-state index is 0.368. The van der Waals surface area contributed by atoms with Crippen molar-refractivity contribution >= 4 is 0 Å². The summed E-state index contributed by atoms with van der Waals surface area (Å²) in [7, 11) is 1.69. The number of ether oxygens (including phenoxy) is 1. The van der Waals surface area contributed by atoms with E-state index in [1.54, 1.807) is 7.11 Å². The molecular formula is C17H24N2O. The summed E-state index contributed by atoms with van der Waals surface area (Å²) >= 11 is 0. The average molecular weight is 272 g/mol. The maximum absolute atomic E-state index is 9.03. The van der Waals surface area contributed by atoms with Crippen LogP contribution in [0.4, 0.5) is 0 Å². The van der Waals surface area contributed by atoms with Gasteiger partial charge >= 0.3 is 0 Å². The molecule has 1 aliphatic heterocycles. The second-order valence-electron chi connectivity index (χ2n) is 6.73. The highest BCUT2D eigenvalue weighted by atomic mass is 16.5. The van der Waals surface area contributed by atoms with Gasteiger partial charge < -0.3 is 4.74 Å². The summed E-state index contributed by atoms with van der Waals surface area (Å²) in [4.78, 5) is 2.47. The van der Waals surface area contributed by atoms with Crippen molar-refractivity contribution in [2.24, 2.45) is 11.3 Å². The summed E-state index contributed by atoms with van der Waals surface area (Å²) in [6, 6.07) is 7.85. The molecule has 20 heavy (non-hydrogen) atoms. The van der Waals surface area contributed by atoms with E-state index in [0.29, 0.717) is 11.0 Å². The third-order valence-corrected chi connectivity index (χ3v) is 4.30. The van der Waals surface area contributed by atoms with Crippen LogP contribution in [0.5, 0.6) is 5.75 Å². The molecule has 1 aliphatic rings. The Morgan fingerprint density at radius 3 is 2.70 bits per heavy atom. The van der Waals surface area contributed by atoms with Gasteiger partial charge in [-0.05, 0) is 42.5 Å². The smallest absolute Gasteiger partial charge is 0.123 e. The summed E-state index contributed by atoms with van der Waals surface area (Å²) in [5.41, 5.74) is 2.18. The monoisotopic (exact) mass is 272 g/mol. The number of nitrogens with zero attached hydrogens (tertiary/aromatic N) is 2. The van der Waals surface area contributed by atoms with E-state index in [2.05, 4.69) is 31.7 Å². The number of benzene rings is 1. The molecule has 1 atom stereocenters. The molecule has 1 aromatic carbocycles. The van der Waals surface area contributed by atoms with Gasteiger partial charge in [0.05, 0.1) is 18.7 Å².